The number of Topliss-reactive ketones (excluding diaryl/α,β-unsaturated/α-hetero) is 1. The van der Waals surface area contributed by atoms with Crippen LogP contribution >= 0.6 is 27.3 Å². The lowest BCUT2D eigenvalue weighted by molar-refractivity contribution is 0.101. The van der Waals surface area contributed by atoms with Gasteiger partial charge < -0.3 is 0 Å². The Kier molecular flexibility index (Phi) is 3.77. The second kappa shape index (κ2) is 4.66. The fourth-order valence-corrected chi connectivity index (χ4v) is 2.55. The van der Waals surface area contributed by atoms with Gasteiger partial charge in [0.2, 0.25) is 0 Å². The molecule has 0 saturated carbocycles. The van der Waals surface area contributed by atoms with E-state index in [1.54, 1.807) is 0 Å². The molecule has 0 N–H and O–H groups in total. The maximum absolute atomic E-state index is 11.1. The summed E-state index contributed by atoms with van der Waals surface area (Å²) >= 11 is 4.73. The summed E-state index contributed by atoms with van der Waals surface area (Å²) in [6.45, 7) is 7.28. The number of hydrogen-bond acceptors (Lipinski definition) is 3. The average molecular weight is 272 g/mol. The van der Waals surface area contributed by atoms with E-state index < -0.39 is 0 Å². The van der Waals surface area contributed by atoms with Crippen LogP contribution in [0.5, 0.6) is 0 Å². The molecule has 0 aromatic carbocycles. The van der Waals surface area contributed by atoms with Gasteiger partial charge in [0.25, 0.3) is 0 Å². The fraction of sp³-hybridized carbons (Fsp3) is 0.200. The van der Waals surface area contributed by atoms with E-state index in [9.17, 15) is 4.79 Å². The molecule has 0 aliphatic carbocycles. The third-order valence-electron chi connectivity index (χ3n) is 1.56. The number of carbonyl (C=O) groups excluding carboxylic acids is 1. The monoisotopic (exact) mass is 271 g/mol. The Morgan fingerprint density at radius 2 is 2.29 bits per heavy atom. The van der Waals surface area contributed by atoms with Crippen LogP contribution in [0.4, 0.5) is 0 Å². The van der Waals surface area contributed by atoms with Crippen molar-refractivity contribution in [2.24, 2.45) is 0 Å². The van der Waals surface area contributed by atoms with E-state index in [1.807, 2.05) is 19.1 Å². The smallest absolute Gasteiger partial charge is 0.180 e. The van der Waals surface area contributed by atoms with Crippen LogP contribution in [0.15, 0.2) is 22.5 Å². The van der Waals surface area contributed by atoms with Crippen LogP contribution in [0.2, 0.25) is 0 Å². The quantitative estimate of drug-likeness (QED) is 0.620. The van der Waals surface area contributed by atoms with Gasteiger partial charge in [-0.2, -0.15) is 0 Å². The van der Waals surface area contributed by atoms with Crippen molar-refractivity contribution in [3.63, 3.8) is 0 Å². The highest BCUT2D eigenvalue weighted by molar-refractivity contribution is 9.11. The van der Waals surface area contributed by atoms with Crippen LogP contribution in [0.1, 0.15) is 29.3 Å². The molecule has 1 aromatic rings. The zero-order chi connectivity index (χ0) is 10.7. The van der Waals surface area contributed by atoms with Crippen LogP contribution < -0.4 is 0 Å². The summed E-state index contributed by atoms with van der Waals surface area (Å²) in [6.07, 6.45) is 3.76. The third-order valence-corrected chi connectivity index (χ3v) is 3.34. The molecule has 1 rings (SSSR count). The molecule has 4 heteroatoms. The molecular formula is C10H10BrNOS. The van der Waals surface area contributed by atoms with Crippen molar-refractivity contribution < 1.29 is 4.79 Å². The predicted molar refractivity (Wildman–Crippen MR) is 63.7 cm³/mol. The lowest BCUT2D eigenvalue weighted by Gasteiger charge is -1.90. The molecule has 0 fully saturated rings. The van der Waals surface area contributed by atoms with Crippen molar-refractivity contribution in [1.29, 1.82) is 0 Å². The Hall–Kier alpha value is -0.740. The van der Waals surface area contributed by atoms with E-state index in [0.717, 1.165) is 14.4 Å². The van der Waals surface area contributed by atoms with Gasteiger partial charge in [0.1, 0.15) is 14.5 Å². The van der Waals surface area contributed by atoms with Crippen LogP contribution in [-0.2, 0) is 0 Å². The van der Waals surface area contributed by atoms with Crippen LogP contribution in [0.3, 0.4) is 0 Å². The number of carbonyl (C=O) groups is 1. The molecule has 74 valence electrons. The van der Waals surface area contributed by atoms with Gasteiger partial charge in [0.05, 0.1) is 0 Å². The first-order valence-corrected chi connectivity index (χ1v) is 5.66. The van der Waals surface area contributed by atoms with Crippen molar-refractivity contribution in [3.05, 3.63) is 33.2 Å². The summed E-state index contributed by atoms with van der Waals surface area (Å²) in [4.78, 5) is 15.3. The first kappa shape index (κ1) is 11.3. The molecule has 1 heterocycles. The maximum atomic E-state index is 11.1. The Morgan fingerprint density at radius 3 is 2.71 bits per heavy atom. The van der Waals surface area contributed by atoms with E-state index >= 15 is 0 Å². The maximum Gasteiger partial charge on any atom is 0.180 e. The molecule has 0 aliphatic rings. The summed E-state index contributed by atoms with van der Waals surface area (Å²) in [6, 6.07) is 0. The van der Waals surface area contributed by atoms with Crippen molar-refractivity contribution in [2.45, 2.75) is 13.8 Å². The lowest BCUT2D eigenvalue weighted by atomic mass is 10.3. The van der Waals surface area contributed by atoms with E-state index in [4.69, 9.17) is 0 Å². The molecule has 0 atom stereocenters. The molecule has 0 radical (unpaired) electrons. The Labute approximate surface area is 95.5 Å². The zero-order valence-electron chi connectivity index (χ0n) is 8.00. The zero-order valence-corrected chi connectivity index (χ0v) is 10.4. The highest BCUT2D eigenvalue weighted by Crippen LogP contribution is 2.29. The molecule has 0 spiro atoms. The topological polar surface area (TPSA) is 30.0 Å². The molecule has 0 aliphatic heterocycles. The van der Waals surface area contributed by atoms with E-state index in [2.05, 4.69) is 27.5 Å². The predicted octanol–water partition coefficient (Wildman–Crippen LogP) is 3.70. The second-order valence-electron chi connectivity index (χ2n) is 2.72. The van der Waals surface area contributed by atoms with Crippen LogP contribution in [0.25, 0.3) is 5.57 Å². The highest BCUT2D eigenvalue weighted by atomic mass is 79.9. The minimum atomic E-state index is -0.0346. The van der Waals surface area contributed by atoms with Gasteiger partial charge in [-0.15, -0.1) is 11.3 Å². The molecule has 2 nitrogen and oxygen atoms in total. The first-order valence-electron chi connectivity index (χ1n) is 4.05. The van der Waals surface area contributed by atoms with Gasteiger partial charge in [0.15, 0.2) is 5.78 Å². The number of halogens is 1. The molecule has 0 saturated heterocycles. The van der Waals surface area contributed by atoms with Crippen molar-refractivity contribution in [2.75, 3.05) is 0 Å². The van der Waals surface area contributed by atoms with Crippen molar-refractivity contribution in [3.8, 4) is 0 Å². The number of ketones is 1. The van der Waals surface area contributed by atoms with Gasteiger partial charge in [-0.3, -0.25) is 4.79 Å². The van der Waals surface area contributed by atoms with Crippen LogP contribution in [-0.4, -0.2) is 10.8 Å². The van der Waals surface area contributed by atoms with Gasteiger partial charge >= 0.3 is 0 Å². The van der Waals surface area contributed by atoms with Crippen molar-refractivity contribution >= 4 is 38.6 Å². The fourth-order valence-electron chi connectivity index (χ4n) is 0.928. The normalized spacial score (nSPS) is 10.8. The Balaban J connectivity index is 3.08. The molecule has 1 aromatic heterocycles. The van der Waals surface area contributed by atoms with Gasteiger partial charge in [-0.05, 0) is 22.9 Å². The summed E-state index contributed by atoms with van der Waals surface area (Å²) < 4.78 is 0.769. The summed E-state index contributed by atoms with van der Waals surface area (Å²) in [5.41, 5.74) is 1.31. The number of aromatic nitrogens is 1. The molecule has 0 amide bonds. The van der Waals surface area contributed by atoms with Gasteiger partial charge in [0, 0.05) is 12.5 Å². The van der Waals surface area contributed by atoms with Gasteiger partial charge in [-0.25, -0.2) is 4.98 Å². The average Bonchev–Trinajstić information content (AvgIpc) is 2.48. The van der Waals surface area contributed by atoms with Gasteiger partial charge in [-0.1, -0.05) is 18.7 Å². The minimum Gasteiger partial charge on any atom is -0.293 e. The number of thiazole rings is 1. The first-order chi connectivity index (χ1) is 6.56. The molecule has 0 unspecified atom stereocenters. The third kappa shape index (κ3) is 2.39. The number of allylic oxidation sites excluding steroid dienone is 3. The summed E-state index contributed by atoms with van der Waals surface area (Å²) in [7, 11) is 0. The number of rotatable bonds is 3. The van der Waals surface area contributed by atoms with E-state index in [1.165, 1.54) is 18.3 Å². The van der Waals surface area contributed by atoms with E-state index in [0.29, 0.717) is 5.69 Å². The lowest BCUT2D eigenvalue weighted by Crippen LogP contribution is -1.93. The van der Waals surface area contributed by atoms with Crippen LogP contribution in [0, 0.1) is 0 Å². The standard InChI is InChI=1S/C10H10BrNOS/c1-4-5-6(2)10-12-8(7(3)13)9(11)14-10/h4-5H,2H2,1,3H3. The Morgan fingerprint density at radius 1 is 1.64 bits per heavy atom. The highest BCUT2D eigenvalue weighted by Gasteiger charge is 2.13. The van der Waals surface area contributed by atoms with Crippen molar-refractivity contribution in [1.82, 2.24) is 4.98 Å². The molecule has 14 heavy (non-hydrogen) atoms. The number of nitrogens with zero attached hydrogens (tertiary/aromatic N) is 1. The second-order valence-corrected chi connectivity index (χ2v) is 5.04. The van der Waals surface area contributed by atoms with E-state index in [-0.39, 0.29) is 5.78 Å². The molecular weight excluding hydrogens is 262 g/mol. The summed E-state index contributed by atoms with van der Waals surface area (Å²) in [5, 5.41) is 0.778. The Bertz CT molecular complexity index is 406. The summed E-state index contributed by atoms with van der Waals surface area (Å²) in [5.74, 6) is -0.0346. The minimum absolute atomic E-state index is 0.0346. The number of hydrogen-bond donors (Lipinski definition) is 0. The molecule has 0 bridgehead atoms. The SMILES string of the molecule is C=C(C=CC)c1nc(C(C)=O)c(Br)s1. The largest absolute Gasteiger partial charge is 0.293 e.